The van der Waals surface area contributed by atoms with Crippen molar-refractivity contribution < 1.29 is 0 Å². The second kappa shape index (κ2) is 2.95. The molecule has 1 heterocycles. The van der Waals surface area contributed by atoms with Crippen molar-refractivity contribution in [1.82, 2.24) is 9.55 Å². The van der Waals surface area contributed by atoms with Crippen LogP contribution in [0.3, 0.4) is 0 Å². The Hall–Kier alpha value is -0.740. The summed E-state index contributed by atoms with van der Waals surface area (Å²) >= 11 is 5.73. The minimum absolute atomic E-state index is 0.224. The predicted octanol–water partition coefficient (Wildman–Crippen LogP) is 0.567. The third-order valence-electron chi connectivity index (χ3n) is 1.38. The van der Waals surface area contributed by atoms with Crippen LogP contribution in [0.25, 0.3) is 0 Å². The Balaban J connectivity index is 2.96. The summed E-state index contributed by atoms with van der Waals surface area (Å²) in [6, 6.07) is 0. The Morgan fingerprint density at radius 3 is 2.67 bits per heavy atom. The van der Waals surface area contributed by atoms with Crippen molar-refractivity contribution in [3.05, 3.63) is 21.8 Å². The van der Waals surface area contributed by atoms with Gasteiger partial charge in [0, 0.05) is 18.3 Å². The molecule has 0 fully saturated rings. The molecule has 0 atom stereocenters. The van der Waals surface area contributed by atoms with Crippen molar-refractivity contribution in [2.45, 2.75) is 25.9 Å². The van der Waals surface area contributed by atoms with Crippen molar-refractivity contribution >= 4 is 11.6 Å². The van der Waals surface area contributed by atoms with Crippen LogP contribution in [0.2, 0.25) is 5.15 Å². The summed E-state index contributed by atoms with van der Waals surface area (Å²) in [5, 5.41) is 0.388. The van der Waals surface area contributed by atoms with Crippen molar-refractivity contribution in [3.63, 3.8) is 0 Å². The zero-order chi connectivity index (χ0) is 9.35. The van der Waals surface area contributed by atoms with Crippen LogP contribution >= 0.6 is 11.6 Å². The topological polar surface area (TPSA) is 63.8 Å². The van der Waals surface area contributed by atoms with E-state index in [-0.39, 0.29) is 5.69 Å². The summed E-state index contributed by atoms with van der Waals surface area (Å²) in [4.78, 5) is 13.6. The fraction of sp³-hybridized carbons (Fsp3) is 0.571. The number of nitrogens with two attached hydrogens (primary N) is 1. The smallest absolute Gasteiger partial charge is 0.324 e. The lowest BCUT2D eigenvalue weighted by atomic mass is 10.1. The maximum atomic E-state index is 11.1. The zero-order valence-corrected chi connectivity index (χ0v) is 7.85. The summed E-state index contributed by atoms with van der Waals surface area (Å²) in [5.74, 6) is 0. The SMILES string of the molecule is CC(C)(N)Cn1c(Cl)c[nH]c1=O. The molecule has 0 spiro atoms. The summed E-state index contributed by atoms with van der Waals surface area (Å²) in [5.41, 5.74) is 5.07. The monoisotopic (exact) mass is 189 g/mol. The normalized spacial score (nSPS) is 12.0. The molecule has 12 heavy (non-hydrogen) atoms. The second-order valence-corrected chi connectivity index (χ2v) is 3.88. The maximum Gasteiger partial charge on any atom is 0.326 e. The molecule has 0 bridgehead atoms. The van der Waals surface area contributed by atoms with Gasteiger partial charge >= 0.3 is 5.69 Å². The summed E-state index contributed by atoms with van der Waals surface area (Å²) < 4.78 is 1.40. The summed E-state index contributed by atoms with van der Waals surface area (Å²) in [6.07, 6.45) is 1.45. The number of rotatable bonds is 2. The van der Waals surface area contributed by atoms with Gasteiger partial charge in [-0.05, 0) is 13.8 Å². The maximum absolute atomic E-state index is 11.1. The van der Waals surface area contributed by atoms with Crippen LogP contribution < -0.4 is 11.4 Å². The molecular weight excluding hydrogens is 178 g/mol. The van der Waals surface area contributed by atoms with Gasteiger partial charge in [0.2, 0.25) is 0 Å². The quantitative estimate of drug-likeness (QED) is 0.715. The molecule has 1 aromatic heterocycles. The van der Waals surface area contributed by atoms with E-state index in [1.54, 1.807) is 0 Å². The van der Waals surface area contributed by atoms with Gasteiger partial charge in [-0.15, -0.1) is 0 Å². The van der Waals surface area contributed by atoms with Gasteiger partial charge < -0.3 is 10.7 Å². The molecule has 0 aliphatic heterocycles. The van der Waals surface area contributed by atoms with E-state index in [0.29, 0.717) is 11.7 Å². The van der Waals surface area contributed by atoms with Gasteiger partial charge in [0.25, 0.3) is 0 Å². The number of H-pyrrole nitrogens is 1. The average molecular weight is 190 g/mol. The van der Waals surface area contributed by atoms with E-state index in [4.69, 9.17) is 17.3 Å². The summed E-state index contributed by atoms with van der Waals surface area (Å²) in [6.45, 7) is 4.08. The zero-order valence-electron chi connectivity index (χ0n) is 7.10. The van der Waals surface area contributed by atoms with Crippen LogP contribution in [0.15, 0.2) is 11.0 Å². The number of aromatic amines is 1. The van der Waals surface area contributed by atoms with Crippen molar-refractivity contribution in [3.8, 4) is 0 Å². The fourth-order valence-electron chi connectivity index (χ4n) is 0.929. The highest BCUT2D eigenvalue weighted by molar-refractivity contribution is 6.29. The van der Waals surface area contributed by atoms with Gasteiger partial charge in [-0.2, -0.15) is 0 Å². The van der Waals surface area contributed by atoms with E-state index >= 15 is 0 Å². The van der Waals surface area contributed by atoms with E-state index in [9.17, 15) is 4.79 Å². The molecule has 3 N–H and O–H groups in total. The van der Waals surface area contributed by atoms with E-state index in [1.807, 2.05) is 13.8 Å². The third-order valence-corrected chi connectivity index (χ3v) is 1.70. The number of imidazole rings is 1. The van der Waals surface area contributed by atoms with E-state index in [0.717, 1.165) is 0 Å². The molecule has 68 valence electrons. The first kappa shape index (κ1) is 9.35. The minimum Gasteiger partial charge on any atom is -0.324 e. The highest BCUT2D eigenvalue weighted by Gasteiger charge is 2.14. The highest BCUT2D eigenvalue weighted by atomic mass is 35.5. The van der Waals surface area contributed by atoms with Crippen molar-refractivity contribution in [2.75, 3.05) is 0 Å². The lowest BCUT2D eigenvalue weighted by molar-refractivity contribution is 0.427. The Bertz CT molecular complexity index is 320. The molecule has 1 rings (SSSR count). The molecule has 0 aliphatic carbocycles. The Labute approximate surface area is 75.3 Å². The number of halogens is 1. The minimum atomic E-state index is -0.435. The Morgan fingerprint density at radius 1 is 1.75 bits per heavy atom. The van der Waals surface area contributed by atoms with Gasteiger partial charge in [0.15, 0.2) is 0 Å². The van der Waals surface area contributed by atoms with Crippen LogP contribution in [-0.2, 0) is 6.54 Å². The van der Waals surface area contributed by atoms with Crippen LogP contribution in [0, 0.1) is 0 Å². The van der Waals surface area contributed by atoms with Gasteiger partial charge in [-0.3, -0.25) is 4.57 Å². The van der Waals surface area contributed by atoms with E-state index in [1.165, 1.54) is 10.8 Å². The van der Waals surface area contributed by atoms with Crippen LogP contribution in [0.1, 0.15) is 13.8 Å². The third kappa shape index (κ3) is 2.12. The number of hydrogen-bond donors (Lipinski definition) is 2. The van der Waals surface area contributed by atoms with Gasteiger partial charge in [0.1, 0.15) is 5.15 Å². The van der Waals surface area contributed by atoms with Gasteiger partial charge in [0.05, 0.1) is 0 Å². The second-order valence-electron chi connectivity index (χ2n) is 3.49. The Morgan fingerprint density at radius 2 is 2.33 bits per heavy atom. The number of nitrogens with zero attached hydrogens (tertiary/aromatic N) is 1. The van der Waals surface area contributed by atoms with Crippen molar-refractivity contribution in [1.29, 1.82) is 0 Å². The lowest BCUT2D eigenvalue weighted by Crippen LogP contribution is -2.39. The predicted molar refractivity (Wildman–Crippen MR) is 48.3 cm³/mol. The van der Waals surface area contributed by atoms with Crippen LogP contribution in [0.4, 0.5) is 0 Å². The molecule has 1 aromatic rings. The fourth-order valence-corrected chi connectivity index (χ4v) is 1.12. The molecule has 0 radical (unpaired) electrons. The largest absolute Gasteiger partial charge is 0.326 e. The molecule has 0 aromatic carbocycles. The van der Waals surface area contributed by atoms with E-state index < -0.39 is 5.54 Å². The Kier molecular flexibility index (Phi) is 2.30. The molecule has 0 amide bonds. The molecular formula is C7H12ClN3O. The number of hydrogen-bond acceptors (Lipinski definition) is 2. The standard InChI is InChI=1S/C7H12ClN3O/c1-7(2,9)4-11-5(8)3-10-6(11)12/h3H,4,9H2,1-2H3,(H,10,12). The first-order valence-corrected chi connectivity index (χ1v) is 4.00. The molecule has 5 heteroatoms. The van der Waals surface area contributed by atoms with Gasteiger partial charge in [-0.1, -0.05) is 11.6 Å². The summed E-state index contributed by atoms with van der Waals surface area (Å²) in [7, 11) is 0. The lowest BCUT2D eigenvalue weighted by Gasteiger charge is -2.18. The molecule has 4 nitrogen and oxygen atoms in total. The van der Waals surface area contributed by atoms with E-state index in [2.05, 4.69) is 4.98 Å². The average Bonchev–Trinajstić information content (AvgIpc) is 2.16. The van der Waals surface area contributed by atoms with Crippen molar-refractivity contribution in [2.24, 2.45) is 5.73 Å². The first-order valence-electron chi connectivity index (χ1n) is 3.63. The highest BCUT2D eigenvalue weighted by Crippen LogP contribution is 2.07. The van der Waals surface area contributed by atoms with Crippen LogP contribution in [0.5, 0.6) is 0 Å². The van der Waals surface area contributed by atoms with Crippen LogP contribution in [-0.4, -0.2) is 15.1 Å². The molecule has 0 saturated carbocycles. The molecule has 0 aliphatic rings. The number of nitrogens with one attached hydrogen (secondary N) is 1. The molecule has 0 saturated heterocycles. The molecule has 0 unspecified atom stereocenters. The first-order chi connectivity index (χ1) is 5.40. The van der Waals surface area contributed by atoms with Gasteiger partial charge in [-0.25, -0.2) is 4.79 Å². The number of aromatic nitrogens is 2.